The highest BCUT2D eigenvalue weighted by Gasteiger charge is 2.31. The molecule has 0 aliphatic heterocycles. The van der Waals surface area contributed by atoms with Gasteiger partial charge in [0.25, 0.3) is 0 Å². The van der Waals surface area contributed by atoms with E-state index < -0.39 is 11.7 Å². The number of hydrogen-bond acceptors (Lipinski definition) is 2. The van der Waals surface area contributed by atoms with Crippen LogP contribution in [0.5, 0.6) is 0 Å². The van der Waals surface area contributed by atoms with Crippen molar-refractivity contribution in [3.05, 3.63) is 35.4 Å². The zero-order valence-corrected chi connectivity index (χ0v) is 11.5. The van der Waals surface area contributed by atoms with Crippen molar-refractivity contribution in [3.8, 4) is 0 Å². The third kappa shape index (κ3) is 5.20. The first-order valence-electron chi connectivity index (χ1n) is 6.27. The number of rotatable bonds is 4. The zero-order valence-electron chi connectivity index (χ0n) is 11.5. The van der Waals surface area contributed by atoms with E-state index in [4.69, 9.17) is 5.84 Å². The lowest BCUT2D eigenvalue weighted by molar-refractivity contribution is -0.137. The molecule has 3 N–H and O–H groups in total. The molecule has 0 fully saturated rings. The fourth-order valence-electron chi connectivity index (χ4n) is 1.86. The summed E-state index contributed by atoms with van der Waals surface area (Å²) in [5.41, 5.74) is 2.66. The first-order valence-corrected chi connectivity index (χ1v) is 6.27. The van der Waals surface area contributed by atoms with Gasteiger partial charge in [0.15, 0.2) is 0 Å². The van der Waals surface area contributed by atoms with Crippen LogP contribution >= 0.6 is 0 Å². The van der Waals surface area contributed by atoms with Gasteiger partial charge in [-0.25, -0.2) is 0 Å². The molecule has 0 saturated heterocycles. The number of alkyl halides is 3. The van der Waals surface area contributed by atoms with E-state index in [2.05, 4.69) is 26.2 Å². The van der Waals surface area contributed by atoms with E-state index in [9.17, 15) is 13.2 Å². The van der Waals surface area contributed by atoms with Crippen molar-refractivity contribution in [1.29, 1.82) is 0 Å². The van der Waals surface area contributed by atoms with Crippen LogP contribution in [0.1, 0.15) is 50.8 Å². The first-order chi connectivity index (χ1) is 8.63. The molecule has 0 radical (unpaired) electrons. The highest BCUT2D eigenvalue weighted by molar-refractivity contribution is 5.27. The lowest BCUT2D eigenvalue weighted by atomic mass is 9.87. The smallest absolute Gasteiger partial charge is 0.271 e. The fourth-order valence-corrected chi connectivity index (χ4v) is 1.86. The lowest BCUT2D eigenvalue weighted by Gasteiger charge is -2.23. The summed E-state index contributed by atoms with van der Waals surface area (Å²) in [6, 6.07) is 5.05. The van der Waals surface area contributed by atoms with E-state index in [1.807, 2.05) is 0 Å². The van der Waals surface area contributed by atoms with Crippen LogP contribution in [-0.2, 0) is 6.18 Å². The molecule has 1 aromatic carbocycles. The van der Waals surface area contributed by atoms with Crippen LogP contribution < -0.4 is 11.3 Å². The van der Waals surface area contributed by atoms with Crippen molar-refractivity contribution in [3.63, 3.8) is 0 Å². The summed E-state index contributed by atoms with van der Waals surface area (Å²) in [7, 11) is 0. The van der Waals surface area contributed by atoms with Gasteiger partial charge in [-0.1, -0.05) is 32.9 Å². The predicted molar refractivity (Wildman–Crippen MR) is 70.2 cm³/mol. The molecule has 1 rings (SSSR count). The highest BCUT2D eigenvalue weighted by Crippen LogP contribution is 2.32. The predicted octanol–water partition coefficient (Wildman–Crippen LogP) is 4.04. The third-order valence-corrected chi connectivity index (χ3v) is 3.00. The summed E-state index contributed by atoms with van der Waals surface area (Å²) in [6.07, 6.45) is -2.75. The minimum absolute atomic E-state index is 0.122. The van der Waals surface area contributed by atoms with Crippen LogP contribution in [0.4, 0.5) is 13.2 Å². The molecule has 108 valence electrons. The molecule has 1 aromatic rings. The second kappa shape index (κ2) is 5.92. The van der Waals surface area contributed by atoms with Gasteiger partial charge in [-0.15, -0.1) is 0 Å². The Labute approximate surface area is 112 Å². The van der Waals surface area contributed by atoms with Crippen molar-refractivity contribution in [1.82, 2.24) is 5.43 Å². The SMILES string of the molecule is CC(C)(C)CCC(NN)c1cccc(C(F)(F)F)c1. The topological polar surface area (TPSA) is 38.0 Å². The van der Waals surface area contributed by atoms with Crippen molar-refractivity contribution < 1.29 is 13.2 Å². The minimum atomic E-state index is -4.32. The van der Waals surface area contributed by atoms with Gasteiger partial charge in [0, 0.05) is 6.04 Å². The Bertz CT molecular complexity index is 408. The summed E-state index contributed by atoms with van der Waals surface area (Å²) in [5.74, 6) is 5.46. The molecule has 0 aliphatic carbocycles. The van der Waals surface area contributed by atoms with Crippen LogP contribution in [0.25, 0.3) is 0 Å². The van der Waals surface area contributed by atoms with Gasteiger partial charge in [0.05, 0.1) is 5.56 Å². The van der Waals surface area contributed by atoms with Crippen LogP contribution in [0.2, 0.25) is 0 Å². The summed E-state index contributed by atoms with van der Waals surface area (Å²) < 4.78 is 38.0. The van der Waals surface area contributed by atoms with Crippen molar-refractivity contribution in [2.75, 3.05) is 0 Å². The summed E-state index contributed by atoms with van der Waals surface area (Å²) >= 11 is 0. The standard InChI is InChI=1S/C14H21F3N2/c1-13(2,3)8-7-12(19-18)10-5-4-6-11(9-10)14(15,16)17/h4-6,9,12,19H,7-8,18H2,1-3H3. The zero-order chi connectivity index (χ0) is 14.7. The molecule has 1 atom stereocenters. The van der Waals surface area contributed by atoms with Crippen LogP contribution in [0.3, 0.4) is 0 Å². The molecule has 0 aliphatic rings. The summed E-state index contributed by atoms with van der Waals surface area (Å²) in [6.45, 7) is 6.27. The van der Waals surface area contributed by atoms with Crippen molar-refractivity contribution >= 4 is 0 Å². The van der Waals surface area contributed by atoms with Crippen molar-refractivity contribution in [2.24, 2.45) is 11.3 Å². The highest BCUT2D eigenvalue weighted by atomic mass is 19.4. The van der Waals surface area contributed by atoms with E-state index in [0.717, 1.165) is 18.6 Å². The van der Waals surface area contributed by atoms with Gasteiger partial charge in [-0.3, -0.25) is 11.3 Å². The molecule has 0 spiro atoms. The molecule has 0 heterocycles. The van der Waals surface area contributed by atoms with E-state index >= 15 is 0 Å². The summed E-state index contributed by atoms with van der Waals surface area (Å²) in [4.78, 5) is 0. The molecule has 2 nitrogen and oxygen atoms in total. The van der Waals surface area contributed by atoms with E-state index in [1.165, 1.54) is 6.07 Å². The monoisotopic (exact) mass is 274 g/mol. The maximum Gasteiger partial charge on any atom is 0.416 e. The molecule has 5 heteroatoms. The number of hydrogen-bond donors (Lipinski definition) is 2. The largest absolute Gasteiger partial charge is 0.416 e. The molecule has 19 heavy (non-hydrogen) atoms. The third-order valence-electron chi connectivity index (χ3n) is 3.00. The molecule has 0 aromatic heterocycles. The maximum absolute atomic E-state index is 12.7. The second-order valence-electron chi connectivity index (χ2n) is 5.94. The van der Waals surface area contributed by atoms with Crippen LogP contribution in [0.15, 0.2) is 24.3 Å². The molecule has 0 saturated carbocycles. The molecule has 0 bridgehead atoms. The molecular formula is C14H21F3N2. The van der Waals surface area contributed by atoms with Gasteiger partial charge in [0.2, 0.25) is 0 Å². The number of nitrogens with two attached hydrogens (primary N) is 1. The normalized spacial score (nSPS) is 14.5. The van der Waals surface area contributed by atoms with Gasteiger partial charge in [-0.2, -0.15) is 13.2 Å². The number of nitrogens with one attached hydrogen (secondary N) is 1. The number of hydrazine groups is 1. The maximum atomic E-state index is 12.7. The Morgan fingerprint density at radius 2 is 1.84 bits per heavy atom. The van der Waals surface area contributed by atoms with Crippen LogP contribution in [-0.4, -0.2) is 0 Å². The van der Waals surface area contributed by atoms with Gasteiger partial charge >= 0.3 is 6.18 Å². The van der Waals surface area contributed by atoms with Gasteiger partial charge in [0.1, 0.15) is 0 Å². The van der Waals surface area contributed by atoms with Gasteiger partial charge < -0.3 is 0 Å². The fraction of sp³-hybridized carbons (Fsp3) is 0.571. The minimum Gasteiger partial charge on any atom is -0.271 e. The van der Waals surface area contributed by atoms with E-state index in [0.29, 0.717) is 12.0 Å². The Balaban J connectivity index is 2.87. The average Bonchev–Trinajstić information content (AvgIpc) is 2.27. The Morgan fingerprint density at radius 1 is 1.21 bits per heavy atom. The van der Waals surface area contributed by atoms with E-state index in [1.54, 1.807) is 6.07 Å². The number of benzene rings is 1. The molecular weight excluding hydrogens is 253 g/mol. The second-order valence-corrected chi connectivity index (χ2v) is 5.94. The molecule has 0 amide bonds. The average molecular weight is 274 g/mol. The van der Waals surface area contributed by atoms with Crippen LogP contribution in [0, 0.1) is 5.41 Å². The Kier molecular flexibility index (Phi) is 4.98. The van der Waals surface area contributed by atoms with Crippen molar-refractivity contribution in [2.45, 2.75) is 45.8 Å². The van der Waals surface area contributed by atoms with E-state index in [-0.39, 0.29) is 11.5 Å². The quantitative estimate of drug-likeness (QED) is 0.642. The first kappa shape index (κ1) is 16.0. The van der Waals surface area contributed by atoms with Gasteiger partial charge in [-0.05, 0) is 36.0 Å². The Morgan fingerprint density at radius 3 is 2.32 bits per heavy atom. The summed E-state index contributed by atoms with van der Waals surface area (Å²) in [5, 5.41) is 0. The Hall–Kier alpha value is -1.07. The number of halogens is 3. The molecule has 1 unspecified atom stereocenters. The lowest BCUT2D eigenvalue weighted by Crippen LogP contribution is -2.29.